The summed E-state index contributed by atoms with van der Waals surface area (Å²) in [6.45, 7) is 2.80. The maximum Gasteiger partial charge on any atom is 0.416 e. The summed E-state index contributed by atoms with van der Waals surface area (Å²) >= 11 is 0. The molecule has 4 rings (SSSR count). The van der Waals surface area contributed by atoms with Gasteiger partial charge in [-0.2, -0.15) is 13.2 Å². The number of nitrogens with zero attached hydrogens (tertiary/aromatic N) is 2. The molecule has 0 aliphatic carbocycles. The molecule has 29 heavy (non-hydrogen) atoms. The number of hydrogen-bond donors (Lipinski definition) is 0. The topological polar surface area (TPSA) is 42.0 Å². The highest BCUT2D eigenvalue weighted by Gasteiger charge is 2.30. The first-order valence-corrected chi connectivity index (χ1v) is 9.43. The Hall–Kier alpha value is -2.74. The zero-order valence-corrected chi connectivity index (χ0v) is 15.7. The predicted octanol–water partition coefficient (Wildman–Crippen LogP) is 3.67. The molecule has 154 valence electrons. The van der Waals surface area contributed by atoms with Crippen molar-refractivity contribution in [1.82, 2.24) is 9.80 Å². The third kappa shape index (κ3) is 4.64. The number of carbonyl (C=O) groups is 1. The molecule has 2 aromatic carbocycles. The number of amides is 1. The van der Waals surface area contributed by atoms with E-state index in [4.69, 9.17) is 9.47 Å². The Morgan fingerprint density at radius 2 is 1.69 bits per heavy atom. The Kier molecular flexibility index (Phi) is 5.36. The lowest BCUT2D eigenvalue weighted by atomic mass is 10.1. The molecule has 0 aromatic heterocycles. The zero-order valence-electron chi connectivity index (χ0n) is 15.7. The molecular formula is C21H21F3N2O3. The Morgan fingerprint density at radius 1 is 0.897 bits per heavy atom. The molecule has 0 spiro atoms. The minimum absolute atomic E-state index is 0.0457. The summed E-state index contributed by atoms with van der Waals surface area (Å²) in [7, 11) is 0. The number of benzene rings is 2. The molecule has 0 N–H and O–H groups in total. The second-order valence-corrected chi connectivity index (χ2v) is 7.23. The van der Waals surface area contributed by atoms with E-state index >= 15 is 0 Å². The first kappa shape index (κ1) is 19.6. The van der Waals surface area contributed by atoms with Gasteiger partial charge in [0.1, 0.15) is 0 Å². The van der Waals surface area contributed by atoms with E-state index in [2.05, 4.69) is 4.90 Å². The van der Waals surface area contributed by atoms with Crippen molar-refractivity contribution in [2.45, 2.75) is 25.7 Å². The smallest absolute Gasteiger partial charge is 0.416 e. The average molecular weight is 406 g/mol. The molecule has 0 saturated carbocycles. The highest BCUT2D eigenvalue weighted by Crippen LogP contribution is 2.33. The quantitative estimate of drug-likeness (QED) is 0.777. The van der Waals surface area contributed by atoms with E-state index < -0.39 is 11.7 Å². The van der Waals surface area contributed by atoms with Crippen LogP contribution in [0.2, 0.25) is 0 Å². The van der Waals surface area contributed by atoms with E-state index in [1.165, 1.54) is 6.07 Å². The summed E-state index contributed by atoms with van der Waals surface area (Å²) in [5.41, 5.74) is 0.854. The molecule has 1 fully saturated rings. The Morgan fingerprint density at radius 3 is 2.52 bits per heavy atom. The van der Waals surface area contributed by atoms with Gasteiger partial charge >= 0.3 is 6.18 Å². The molecule has 2 heterocycles. The van der Waals surface area contributed by atoms with Gasteiger partial charge in [-0.05, 0) is 35.4 Å². The lowest BCUT2D eigenvalue weighted by Crippen LogP contribution is -2.32. The van der Waals surface area contributed by atoms with Crippen LogP contribution in [0.4, 0.5) is 13.2 Å². The lowest BCUT2D eigenvalue weighted by molar-refractivity contribution is -0.137. The van der Waals surface area contributed by atoms with E-state index in [1.54, 1.807) is 11.0 Å². The molecule has 1 saturated heterocycles. The van der Waals surface area contributed by atoms with Gasteiger partial charge in [0.2, 0.25) is 12.7 Å². The average Bonchev–Trinajstić information content (AvgIpc) is 3.09. The fourth-order valence-corrected chi connectivity index (χ4v) is 3.60. The summed E-state index contributed by atoms with van der Waals surface area (Å²) in [4.78, 5) is 16.3. The molecule has 1 amide bonds. The van der Waals surface area contributed by atoms with Crippen LogP contribution in [0.3, 0.4) is 0 Å². The van der Waals surface area contributed by atoms with Gasteiger partial charge in [0.05, 0.1) is 5.56 Å². The SMILES string of the molecule is O=C1CCN(Cc2ccc3c(c2)OCO3)CCN1Cc1cccc(C(F)(F)F)c1. The maximum atomic E-state index is 12.9. The third-order valence-corrected chi connectivity index (χ3v) is 5.15. The summed E-state index contributed by atoms with van der Waals surface area (Å²) < 4.78 is 49.5. The number of carbonyl (C=O) groups excluding carboxylic acids is 1. The van der Waals surface area contributed by atoms with Crippen molar-refractivity contribution < 1.29 is 27.4 Å². The first-order chi connectivity index (χ1) is 13.9. The van der Waals surface area contributed by atoms with E-state index in [0.29, 0.717) is 38.2 Å². The number of halogens is 3. The highest BCUT2D eigenvalue weighted by atomic mass is 19.4. The minimum atomic E-state index is -4.39. The van der Waals surface area contributed by atoms with Crippen LogP contribution in [-0.2, 0) is 24.1 Å². The summed E-state index contributed by atoms with van der Waals surface area (Å²) in [6, 6.07) is 10.9. The molecule has 0 atom stereocenters. The molecule has 0 unspecified atom stereocenters. The molecule has 5 nitrogen and oxygen atoms in total. The fourth-order valence-electron chi connectivity index (χ4n) is 3.60. The molecule has 8 heteroatoms. The largest absolute Gasteiger partial charge is 0.454 e. The summed E-state index contributed by atoms with van der Waals surface area (Å²) in [5.74, 6) is 1.40. The van der Waals surface area contributed by atoms with Crippen molar-refractivity contribution in [3.63, 3.8) is 0 Å². The Balaban J connectivity index is 1.39. The van der Waals surface area contributed by atoms with Gasteiger partial charge in [-0.1, -0.05) is 18.2 Å². The van der Waals surface area contributed by atoms with Crippen molar-refractivity contribution in [3.8, 4) is 11.5 Å². The van der Waals surface area contributed by atoms with Gasteiger partial charge < -0.3 is 14.4 Å². The summed E-state index contributed by atoms with van der Waals surface area (Å²) in [5, 5.41) is 0. The van der Waals surface area contributed by atoms with Crippen molar-refractivity contribution >= 4 is 5.91 Å². The van der Waals surface area contributed by atoms with E-state index in [9.17, 15) is 18.0 Å². The summed E-state index contributed by atoms with van der Waals surface area (Å²) in [6.07, 6.45) is -4.05. The van der Waals surface area contributed by atoms with Crippen molar-refractivity contribution in [1.29, 1.82) is 0 Å². The molecule has 0 radical (unpaired) electrons. The van der Waals surface area contributed by atoms with Crippen LogP contribution in [0, 0.1) is 0 Å². The van der Waals surface area contributed by atoms with Crippen LogP contribution in [0.5, 0.6) is 11.5 Å². The van der Waals surface area contributed by atoms with E-state index in [-0.39, 0.29) is 19.2 Å². The van der Waals surface area contributed by atoms with Gasteiger partial charge in [-0.25, -0.2) is 0 Å². The Bertz CT molecular complexity index is 901. The predicted molar refractivity (Wildman–Crippen MR) is 99.3 cm³/mol. The zero-order chi connectivity index (χ0) is 20.4. The van der Waals surface area contributed by atoms with Gasteiger partial charge in [-0.3, -0.25) is 9.69 Å². The van der Waals surface area contributed by atoms with Crippen LogP contribution in [0.25, 0.3) is 0 Å². The van der Waals surface area contributed by atoms with Crippen LogP contribution >= 0.6 is 0 Å². The second kappa shape index (κ2) is 7.94. The number of alkyl halides is 3. The molecular weight excluding hydrogens is 385 g/mol. The number of rotatable bonds is 4. The first-order valence-electron chi connectivity index (χ1n) is 9.43. The lowest BCUT2D eigenvalue weighted by Gasteiger charge is -2.22. The van der Waals surface area contributed by atoms with Gasteiger partial charge in [-0.15, -0.1) is 0 Å². The van der Waals surface area contributed by atoms with Gasteiger partial charge in [0.15, 0.2) is 11.5 Å². The van der Waals surface area contributed by atoms with Crippen molar-refractivity contribution in [3.05, 3.63) is 59.2 Å². The highest BCUT2D eigenvalue weighted by molar-refractivity contribution is 5.76. The Labute approximate surface area is 166 Å². The standard InChI is InChI=1S/C21H21F3N2O3/c22-21(23,24)17-3-1-2-15(10-17)13-26-9-8-25(7-6-20(26)27)12-16-4-5-18-19(11-16)29-14-28-18/h1-5,10-11H,6-9,12-14H2. The van der Waals surface area contributed by atoms with Crippen LogP contribution in [-0.4, -0.2) is 42.1 Å². The monoisotopic (exact) mass is 406 g/mol. The molecule has 2 aliphatic rings. The van der Waals surface area contributed by atoms with Crippen molar-refractivity contribution in [2.24, 2.45) is 0 Å². The molecule has 2 aromatic rings. The number of hydrogen-bond acceptors (Lipinski definition) is 4. The minimum Gasteiger partial charge on any atom is -0.454 e. The number of ether oxygens (including phenoxy) is 2. The fraction of sp³-hybridized carbons (Fsp3) is 0.381. The van der Waals surface area contributed by atoms with Crippen molar-refractivity contribution in [2.75, 3.05) is 26.4 Å². The van der Waals surface area contributed by atoms with E-state index in [0.717, 1.165) is 29.2 Å². The van der Waals surface area contributed by atoms with E-state index in [1.807, 2.05) is 18.2 Å². The van der Waals surface area contributed by atoms with Crippen LogP contribution < -0.4 is 9.47 Å². The normalized spacial score (nSPS) is 17.5. The molecule has 2 aliphatic heterocycles. The van der Waals surface area contributed by atoms with Gasteiger partial charge in [0, 0.05) is 39.1 Å². The van der Waals surface area contributed by atoms with Gasteiger partial charge in [0.25, 0.3) is 0 Å². The van der Waals surface area contributed by atoms with Crippen LogP contribution in [0.1, 0.15) is 23.1 Å². The second-order valence-electron chi connectivity index (χ2n) is 7.23. The maximum absolute atomic E-state index is 12.9. The third-order valence-electron chi connectivity index (χ3n) is 5.15. The number of fused-ring (bicyclic) bond motifs is 1. The van der Waals surface area contributed by atoms with Crippen LogP contribution in [0.15, 0.2) is 42.5 Å². The molecule has 0 bridgehead atoms.